The molecule has 1 aromatic carbocycles. The van der Waals surface area contributed by atoms with Crippen LogP contribution in [0.15, 0.2) is 30.3 Å². The molecular formula is C14H18O4. The van der Waals surface area contributed by atoms with Gasteiger partial charge in [-0.3, -0.25) is 4.79 Å². The normalized spacial score (nSPS) is 12.7. The van der Waals surface area contributed by atoms with Gasteiger partial charge in [-0.2, -0.15) is 0 Å². The van der Waals surface area contributed by atoms with Crippen molar-refractivity contribution in [1.29, 1.82) is 0 Å². The second-order valence-corrected chi connectivity index (χ2v) is 4.99. The van der Waals surface area contributed by atoms with Gasteiger partial charge in [-0.05, 0) is 32.9 Å². The zero-order valence-corrected chi connectivity index (χ0v) is 11.1. The number of esters is 2. The molecule has 0 spiro atoms. The first-order chi connectivity index (χ1) is 8.30. The van der Waals surface area contributed by atoms with E-state index in [0.29, 0.717) is 5.56 Å². The monoisotopic (exact) mass is 250 g/mol. The molecule has 0 fully saturated rings. The van der Waals surface area contributed by atoms with Crippen molar-refractivity contribution in [1.82, 2.24) is 0 Å². The van der Waals surface area contributed by atoms with Crippen molar-refractivity contribution < 1.29 is 19.1 Å². The quantitative estimate of drug-likeness (QED) is 0.611. The van der Waals surface area contributed by atoms with Crippen molar-refractivity contribution in [3.8, 4) is 0 Å². The van der Waals surface area contributed by atoms with Gasteiger partial charge >= 0.3 is 11.9 Å². The number of benzene rings is 1. The lowest BCUT2D eigenvalue weighted by molar-refractivity contribution is -0.174. The Labute approximate surface area is 107 Å². The molecule has 1 unspecified atom stereocenters. The molecule has 0 N–H and O–H groups in total. The molecule has 1 rings (SSSR count). The fourth-order valence-corrected chi connectivity index (χ4v) is 1.14. The van der Waals surface area contributed by atoms with E-state index in [-0.39, 0.29) is 0 Å². The summed E-state index contributed by atoms with van der Waals surface area (Å²) < 4.78 is 10.0. The molecule has 4 heteroatoms. The van der Waals surface area contributed by atoms with Crippen molar-refractivity contribution in [2.24, 2.45) is 5.41 Å². The van der Waals surface area contributed by atoms with Gasteiger partial charge in [0, 0.05) is 6.92 Å². The molecule has 0 heterocycles. The molecule has 0 saturated carbocycles. The molecule has 0 bridgehead atoms. The first kappa shape index (κ1) is 14.2. The van der Waals surface area contributed by atoms with E-state index in [9.17, 15) is 9.59 Å². The molecule has 1 atom stereocenters. The van der Waals surface area contributed by atoms with Crippen LogP contribution in [0.2, 0.25) is 0 Å². The Morgan fingerprint density at radius 2 is 1.61 bits per heavy atom. The molecule has 0 aliphatic carbocycles. The molecule has 0 aromatic heterocycles. The van der Waals surface area contributed by atoms with E-state index in [2.05, 4.69) is 0 Å². The summed E-state index contributed by atoms with van der Waals surface area (Å²) in [5, 5.41) is 0. The van der Waals surface area contributed by atoms with Crippen LogP contribution in [0.1, 0.15) is 38.1 Å². The average Bonchev–Trinajstić information content (AvgIpc) is 2.28. The van der Waals surface area contributed by atoms with E-state index in [1.54, 1.807) is 51.1 Å². The van der Waals surface area contributed by atoms with Crippen molar-refractivity contribution in [3.05, 3.63) is 35.9 Å². The van der Waals surface area contributed by atoms with Crippen molar-refractivity contribution in [2.75, 3.05) is 0 Å². The van der Waals surface area contributed by atoms with Gasteiger partial charge < -0.3 is 9.47 Å². The van der Waals surface area contributed by atoms with Gasteiger partial charge in [0.05, 0.1) is 11.0 Å². The summed E-state index contributed by atoms with van der Waals surface area (Å²) in [4.78, 5) is 23.3. The van der Waals surface area contributed by atoms with Gasteiger partial charge in [0.2, 0.25) is 6.29 Å². The summed E-state index contributed by atoms with van der Waals surface area (Å²) in [5.41, 5.74) is -0.191. The summed E-state index contributed by atoms with van der Waals surface area (Å²) in [6.45, 7) is 6.73. The fourth-order valence-electron chi connectivity index (χ4n) is 1.14. The molecule has 98 valence electrons. The maximum atomic E-state index is 11.7. The van der Waals surface area contributed by atoms with Gasteiger partial charge in [0.25, 0.3) is 0 Å². The lowest BCUT2D eigenvalue weighted by atomic mass is 9.97. The maximum Gasteiger partial charge on any atom is 0.341 e. The lowest BCUT2D eigenvalue weighted by Gasteiger charge is -2.20. The third-order valence-electron chi connectivity index (χ3n) is 2.17. The third kappa shape index (κ3) is 4.20. The zero-order valence-electron chi connectivity index (χ0n) is 11.1. The van der Waals surface area contributed by atoms with E-state index >= 15 is 0 Å². The SMILES string of the molecule is CC(OC(=O)c1ccccc1)OC(=O)C(C)(C)C. The molecule has 0 aliphatic rings. The molecule has 18 heavy (non-hydrogen) atoms. The number of carbonyl (C=O) groups excluding carboxylic acids is 2. The summed E-state index contributed by atoms with van der Waals surface area (Å²) in [5.74, 6) is -0.916. The Hall–Kier alpha value is -1.84. The summed E-state index contributed by atoms with van der Waals surface area (Å²) in [6, 6.07) is 8.56. The molecule has 4 nitrogen and oxygen atoms in total. The summed E-state index contributed by atoms with van der Waals surface area (Å²) in [6.07, 6.45) is -0.899. The predicted octanol–water partition coefficient (Wildman–Crippen LogP) is 2.78. The number of hydrogen-bond donors (Lipinski definition) is 0. The van der Waals surface area contributed by atoms with Crippen LogP contribution in [0.25, 0.3) is 0 Å². The van der Waals surface area contributed by atoms with E-state index < -0.39 is 23.6 Å². The van der Waals surface area contributed by atoms with Crippen LogP contribution in [-0.2, 0) is 14.3 Å². The highest BCUT2D eigenvalue weighted by Crippen LogP contribution is 2.17. The van der Waals surface area contributed by atoms with E-state index in [0.717, 1.165) is 0 Å². The van der Waals surface area contributed by atoms with Crippen molar-refractivity contribution >= 4 is 11.9 Å². The minimum Gasteiger partial charge on any atom is -0.425 e. The van der Waals surface area contributed by atoms with Gasteiger partial charge in [-0.25, -0.2) is 4.79 Å². The molecule has 0 saturated heterocycles. The van der Waals surface area contributed by atoms with Gasteiger partial charge in [-0.15, -0.1) is 0 Å². The standard InChI is InChI=1S/C14H18O4/c1-10(18-13(16)14(2,3)4)17-12(15)11-8-6-5-7-9-11/h5-10H,1-4H3. The van der Waals surface area contributed by atoms with Crippen LogP contribution in [0, 0.1) is 5.41 Å². The van der Waals surface area contributed by atoms with Crippen LogP contribution in [0.4, 0.5) is 0 Å². The summed E-state index contributed by atoms with van der Waals surface area (Å²) >= 11 is 0. The highest BCUT2D eigenvalue weighted by Gasteiger charge is 2.26. The number of ether oxygens (including phenoxy) is 2. The number of rotatable bonds is 3. The highest BCUT2D eigenvalue weighted by atomic mass is 16.7. The minimum absolute atomic E-state index is 0.407. The van der Waals surface area contributed by atoms with Crippen LogP contribution in [0.3, 0.4) is 0 Å². The molecule has 0 amide bonds. The van der Waals surface area contributed by atoms with Crippen molar-refractivity contribution in [2.45, 2.75) is 34.0 Å². The fraction of sp³-hybridized carbons (Fsp3) is 0.429. The van der Waals surface area contributed by atoms with Gasteiger partial charge in [0.1, 0.15) is 0 Å². The Bertz CT molecular complexity index is 417. The minimum atomic E-state index is -0.899. The maximum absolute atomic E-state index is 11.7. The first-order valence-corrected chi connectivity index (χ1v) is 5.78. The molecule has 0 aliphatic heterocycles. The first-order valence-electron chi connectivity index (χ1n) is 5.78. The second-order valence-electron chi connectivity index (χ2n) is 4.99. The van der Waals surface area contributed by atoms with E-state index in [4.69, 9.17) is 9.47 Å². The predicted molar refractivity (Wildman–Crippen MR) is 66.9 cm³/mol. The van der Waals surface area contributed by atoms with E-state index in [1.807, 2.05) is 0 Å². The molecular weight excluding hydrogens is 232 g/mol. The lowest BCUT2D eigenvalue weighted by Crippen LogP contribution is -2.29. The Kier molecular flexibility index (Phi) is 4.48. The Balaban J connectivity index is 2.54. The van der Waals surface area contributed by atoms with Gasteiger partial charge in [0.15, 0.2) is 0 Å². The molecule has 0 radical (unpaired) electrons. The van der Waals surface area contributed by atoms with Crippen LogP contribution in [-0.4, -0.2) is 18.2 Å². The highest BCUT2D eigenvalue weighted by molar-refractivity contribution is 5.89. The molecule has 1 aromatic rings. The summed E-state index contributed by atoms with van der Waals surface area (Å²) in [7, 11) is 0. The zero-order chi connectivity index (χ0) is 13.8. The third-order valence-corrected chi connectivity index (χ3v) is 2.17. The number of carbonyl (C=O) groups is 2. The average molecular weight is 250 g/mol. The van der Waals surface area contributed by atoms with Crippen molar-refractivity contribution in [3.63, 3.8) is 0 Å². The van der Waals surface area contributed by atoms with Crippen LogP contribution < -0.4 is 0 Å². The smallest absolute Gasteiger partial charge is 0.341 e. The van der Waals surface area contributed by atoms with Crippen LogP contribution in [0.5, 0.6) is 0 Å². The van der Waals surface area contributed by atoms with Gasteiger partial charge in [-0.1, -0.05) is 18.2 Å². The largest absolute Gasteiger partial charge is 0.425 e. The topological polar surface area (TPSA) is 52.6 Å². The Morgan fingerprint density at radius 1 is 1.06 bits per heavy atom. The number of hydrogen-bond acceptors (Lipinski definition) is 4. The van der Waals surface area contributed by atoms with Crippen LogP contribution >= 0.6 is 0 Å². The second kappa shape index (κ2) is 5.67. The Morgan fingerprint density at radius 3 is 2.11 bits per heavy atom. The van der Waals surface area contributed by atoms with E-state index in [1.165, 1.54) is 6.92 Å².